The van der Waals surface area contributed by atoms with Crippen molar-refractivity contribution in [1.29, 1.82) is 0 Å². The molecule has 0 heterocycles. The van der Waals surface area contributed by atoms with Gasteiger partial charge in [0.05, 0.1) is 13.2 Å². The first kappa shape index (κ1) is 52.9. The third-order valence-corrected chi connectivity index (χ3v) is 11.1. The lowest BCUT2D eigenvalue weighted by atomic mass is 10.0. The predicted molar refractivity (Wildman–Crippen MR) is 234 cm³/mol. The Morgan fingerprint density at radius 2 is 0.519 bits per heavy atom. The maximum atomic E-state index is 13.2. The van der Waals surface area contributed by atoms with Crippen LogP contribution in [-0.4, -0.2) is 74.2 Å². The van der Waals surface area contributed by atoms with E-state index in [-0.39, 0.29) is 25.0 Å². The van der Waals surface area contributed by atoms with Crippen molar-refractivity contribution in [3.8, 4) is 0 Å². The summed E-state index contributed by atoms with van der Waals surface area (Å²) in [6.07, 6.45) is 45.4. The van der Waals surface area contributed by atoms with Crippen molar-refractivity contribution in [3.63, 3.8) is 0 Å². The zero-order valence-electron chi connectivity index (χ0n) is 37.2. The largest absolute Gasteiger partial charge is 0.369 e. The fourth-order valence-corrected chi connectivity index (χ4v) is 7.58. The second-order valence-corrected chi connectivity index (χ2v) is 16.5. The van der Waals surface area contributed by atoms with Gasteiger partial charge in [-0.25, -0.2) is 0 Å². The van der Waals surface area contributed by atoms with Gasteiger partial charge in [-0.15, -0.1) is 0 Å². The standard InChI is InChI=1S/C48H96N2O4/c1-5-9-11-13-15-17-19-21-23-25-27-29-31-33-35-37-41-50(48(52)46-54-44-43-53-45-47(51)49(39-7-3)40-8-4)42-38-36-34-32-30-28-26-24-22-20-18-16-14-12-10-6-2/h5-46H2,1-4H3. The molecule has 0 aliphatic heterocycles. The molecule has 0 rings (SSSR count). The zero-order valence-corrected chi connectivity index (χ0v) is 37.2. The molecule has 0 saturated carbocycles. The lowest BCUT2D eigenvalue weighted by Crippen LogP contribution is -2.36. The SMILES string of the molecule is CCCCCCCCCCCCCCCCCCN(CCCCCCCCCCCCCCCCCC)C(=O)COCCOCC(=O)N(CCC)CCC. The molecule has 0 aliphatic rings. The van der Waals surface area contributed by atoms with Crippen LogP contribution in [0.1, 0.15) is 246 Å². The van der Waals surface area contributed by atoms with Crippen molar-refractivity contribution >= 4 is 11.8 Å². The first-order valence-electron chi connectivity index (χ1n) is 24.3. The molecule has 0 fully saturated rings. The molecule has 322 valence electrons. The number of hydrogen-bond acceptors (Lipinski definition) is 4. The average molecular weight is 765 g/mol. The lowest BCUT2D eigenvalue weighted by Gasteiger charge is -2.23. The van der Waals surface area contributed by atoms with Gasteiger partial charge in [-0.3, -0.25) is 9.59 Å². The number of nitrogens with zero attached hydrogens (tertiary/aromatic N) is 2. The highest BCUT2D eigenvalue weighted by molar-refractivity contribution is 5.77. The molecule has 0 aliphatic carbocycles. The molecule has 0 aromatic heterocycles. The van der Waals surface area contributed by atoms with E-state index in [9.17, 15) is 9.59 Å². The Bertz CT molecular complexity index is 721. The predicted octanol–water partition coefficient (Wildman–Crippen LogP) is 14.0. The first-order valence-corrected chi connectivity index (χ1v) is 24.3. The Labute approximate surface area is 338 Å². The summed E-state index contributed by atoms with van der Waals surface area (Å²) >= 11 is 0. The number of hydrogen-bond donors (Lipinski definition) is 0. The molecular weight excluding hydrogens is 669 g/mol. The summed E-state index contributed by atoms with van der Waals surface area (Å²) in [5, 5.41) is 0. The van der Waals surface area contributed by atoms with Crippen molar-refractivity contribution in [2.75, 3.05) is 52.6 Å². The molecule has 0 saturated heterocycles. The molecular formula is C48H96N2O4. The number of amides is 2. The molecule has 0 unspecified atom stereocenters. The van der Waals surface area contributed by atoms with Gasteiger partial charge in [0.1, 0.15) is 13.2 Å². The van der Waals surface area contributed by atoms with Crippen LogP contribution in [0.15, 0.2) is 0 Å². The summed E-state index contributed by atoms with van der Waals surface area (Å²) in [6.45, 7) is 12.9. The van der Waals surface area contributed by atoms with Crippen LogP contribution < -0.4 is 0 Å². The van der Waals surface area contributed by atoms with Crippen LogP contribution in [0, 0.1) is 0 Å². The minimum Gasteiger partial charge on any atom is -0.369 e. The van der Waals surface area contributed by atoms with E-state index in [1.165, 1.54) is 193 Å². The minimum atomic E-state index is 0.0403. The van der Waals surface area contributed by atoms with E-state index in [2.05, 4.69) is 32.6 Å². The van der Waals surface area contributed by atoms with Gasteiger partial charge >= 0.3 is 0 Å². The quantitative estimate of drug-likeness (QED) is 0.0579. The van der Waals surface area contributed by atoms with E-state index in [0.29, 0.717) is 13.2 Å². The third kappa shape index (κ3) is 37.8. The van der Waals surface area contributed by atoms with Crippen LogP contribution in [0.3, 0.4) is 0 Å². The topological polar surface area (TPSA) is 59.1 Å². The molecule has 0 atom stereocenters. The van der Waals surface area contributed by atoms with Gasteiger partial charge in [-0.1, -0.05) is 220 Å². The van der Waals surface area contributed by atoms with Gasteiger partial charge in [0.2, 0.25) is 11.8 Å². The van der Waals surface area contributed by atoms with Crippen LogP contribution in [-0.2, 0) is 19.1 Å². The highest BCUT2D eigenvalue weighted by Crippen LogP contribution is 2.16. The molecule has 0 aromatic rings. The number of rotatable bonds is 45. The molecule has 0 aromatic carbocycles. The van der Waals surface area contributed by atoms with Crippen molar-refractivity contribution in [2.45, 2.75) is 246 Å². The maximum absolute atomic E-state index is 13.2. The Morgan fingerprint density at radius 1 is 0.296 bits per heavy atom. The van der Waals surface area contributed by atoms with Crippen LogP contribution >= 0.6 is 0 Å². The summed E-state index contributed by atoms with van der Waals surface area (Å²) in [6, 6.07) is 0. The van der Waals surface area contributed by atoms with Gasteiger partial charge in [0, 0.05) is 26.2 Å². The Morgan fingerprint density at radius 3 is 0.759 bits per heavy atom. The van der Waals surface area contributed by atoms with Crippen LogP contribution in [0.25, 0.3) is 0 Å². The highest BCUT2D eigenvalue weighted by atomic mass is 16.5. The van der Waals surface area contributed by atoms with Crippen molar-refractivity contribution in [1.82, 2.24) is 9.80 Å². The third-order valence-electron chi connectivity index (χ3n) is 11.1. The van der Waals surface area contributed by atoms with E-state index < -0.39 is 0 Å². The Hall–Kier alpha value is -1.14. The number of ether oxygens (including phenoxy) is 2. The van der Waals surface area contributed by atoms with Crippen molar-refractivity contribution in [2.24, 2.45) is 0 Å². The molecule has 0 bridgehead atoms. The fourth-order valence-electron chi connectivity index (χ4n) is 7.58. The molecule has 6 nitrogen and oxygen atoms in total. The summed E-state index contributed by atoms with van der Waals surface area (Å²) < 4.78 is 11.3. The molecule has 0 spiro atoms. The van der Waals surface area contributed by atoms with Crippen LogP contribution in [0.5, 0.6) is 0 Å². The molecule has 0 radical (unpaired) electrons. The average Bonchev–Trinajstić information content (AvgIpc) is 3.17. The number of carbonyl (C=O) groups excluding carboxylic acids is 2. The van der Waals surface area contributed by atoms with E-state index in [1.54, 1.807) is 0 Å². The van der Waals surface area contributed by atoms with E-state index in [0.717, 1.165) is 51.9 Å². The normalized spacial score (nSPS) is 11.4. The van der Waals surface area contributed by atoms with Crippen molar-refractivity contribution < 1.29 is 19.1 Å². The second-order valence-electron chi connectivity index (χ2n) is 16.5. The van der Waals surface area contributed by atoms with Crippen molar-refractivity contribution in [3.05, 3.63) is 0 Å². The van der Waals surface area contributed by atoms with Crippen LogP contribution in [0.2, 0.25) is 0 Å². The molecule has 54 heavy (non-hydrogen) atoms. The summed E-state index contributed by atoms with van der Waals surface area (Å²) in [5.74, 6) is 0.142. The van der Waals surface area contributed by atoms with Gasteiger partial charge in [0.15, 0.2) is 0 Å². The molecule has 6 heteroatoms. The van der Waals surface area contributed by atoms with Gasteiger partial charge in [-0.05, 0) is 25.7 Å². The van der Waals surface area contributed by atoms with E-state index in [1.807, 2.05) is 4.90 Å². The molecule has 0 N–H and O–H groups in total. The summed E-state index contributed by atoms with van der Waals surface area (Å²) in [5.41, 5.74) is 0. The van der Waals surface area contributed by atoms with Crippen LogP contribution in [0.4, 0.5) is 0 Å². The smallest absolute Gasteiger partial charge is 0.248 e. The van der Waals surface area contributed by atoms with E-state index >= 15 is 0 Å². The molecule has 2 amide bonds. The fraction of sp³-hybridized carbons (Fsp3) is 0.958. The van der Waals surface area contributed by atoms with Gasteiger partial charge in [0.25, 0.3) is 0 Å². The maximum Gasteiger partial charge on any atom is 0.248 e. The monoisotopic (exact) mass is 765 g/mol. The van der Waals surface area contributed by atoms with Gasteiger partial charge < -0.3 is 19.3 Å². The summed E-state index contributed by atoms with van der Waals surface area (Å²) in [4.78, 5) is 29.6. The number of carbonyl (C=O) groups is 2. The lowest BCUT2D eigenvalue weighted by molar-refractivity contribution is -0.139. The highest BCUT2D eigenvalue weighted by Gasteiger charge is 2.14. The van der Waals surface area contributed by atoms with E-state index in [4.69, 9.17) is 9.47 Å². The Balaban J connectivity index is 4.22. The summed E-state index contributed by atoms with van der Waals surface area (Å²) in [7, 11) is 0. The first-order chi connectivity index (χ1) is 26.6. The minimum absolute atomic E-state index is 0.0403. The van der Waals surface area contributed by atoms with Gasteiger partial charge in [-0.2, -0.15) is 0 Å². The second kappa shape index (κ2) is 44.6. The Kier molecular flexibility index (Phi) is 43.6. The number of unbranched alkanes of at least 4 members (excludes halogenated alkanes) is 30. The zero-order chi connectivity index (χ0) is 39.4.